The summed E-state index contributed by atoms with van der Waals surface area (Å²) in [5, 5.41) is 11.4. The molecule has 1 aromatic heterocycles. The van der Waals surface area contributed by atoms with Crippen molar-refractivity contribution in [3.63, 3.8) is 0 Å². The number of carbonyl (C=O) groups excluding carboxylic acids is 1. The molecule has 1 aliphatic rings. The van der Waals surface area contributed by atoms with Crippen LogP contribution in [0.1, 0.15) is 16.7 Å². The Bertz CT molecular complexity index is 1450. The van der Waals surface area contributed by atoms with Crippen molar-refractivity contribution in [3.8, 4) is 0 Å². The van der Waals surface area contributed by atoms with Gasteiger partial charge in [-0.15, -0.1) is 0 Å². The maximum atomic E-state index is 12.5. The van der Waals surface area contributed by atoms with Crippen molar-refractivity contribution in [3.05, 3.63) is 83.4 Å². The van der Waals surface area contributed by atoms with Gasteiger partial charge in [-0.3, -0.25) is 5.32 Å². The van der Waals surface area contributed by atoms with Crippen LogP contribution in [0.4, 0.5) is 9.93 Å². The van der Waals surface area contributed by atoms with Gasteiger partial charge in [-0.05, 0) is 51.8 Å². The van der Waals surface area contributed by atoms with E-state index in [-0.39, 0.29) is 6.03 Å². The van der Waals surface area contributed by atoms with Gasteiger partial charge in [0.1, 0.15) is 0 Å². The molecule has 1 heterocycles. The van der Waals surface area contributed by atoms with E-state index < -0.39 is 0 Å². The molecule has 5 aromatic rings. The third-order valence-corrected chi connectivity index (χ3v) is 6.81. The van der Waals surface area contributed by atoms with E-state index >= 15 is 0 Å². The number of rotatable bonds is 3. The van der Waals surface area contributed by atoms with E-state index in [1.54, 1.807) is 0 Å². The Morgan fingerprint density at radius 3 is 2.70 bits per heavy atom. The highest BCUT2D eigenvalue weighted by Crippen LogP contribution is 2.39. The molecule has 0 bridgehead atoms. The summed E-state index contributed by atoms with van der Waals surface area (Å²) in [6.45, 7) is 0.467. The second-order valence-corrected chi connectivity index (χ2v) is 8.72. The van der Waals surface area contributed by atoms with E-state index in [4.69, 9.17) is 4.98 Å². The van der Waals surface area contributed by atoms with Gasteiger partial charge in [0.15, 0.2) is 5.13 Å². The fourth-order valence-corrected chi connectivity index (χ4v) is 5.46. The molecule has 30 heavy (non-hydrogen) atoms. The van der Waals surface area contributed by atoms with Crippen molar-refractivity contribution in [1.29, 1.82) is 0 Å². The summed E-state index contributed by atoms with van der Waals surface area (Å²) < 4.78 is 1.13. The minimum Gasteiger partial charge on any atom is -0.334 e. The molecule has 0 unspecified atom stereocenters. The first-order valence-electron chi connectivity index (χ1n) is 10.1. The second-order valence-electron chi connectivity index (χ2n) is 7.69. The molecule has 4 nitrogen and oxygen atoms in total. The normalized spacial score (nSPS) is 12.7. The average molecular weight is 410 g/mol. The zero-order valence-electron chi connectivity index (χ0n) is 16.2. The molecular formula is C25H19N3OS. The van der Waals surface area contributed by atoms with Crippen LogP contribution in [-0.4, -0.2) is 11.0 Å². The number of hydrogen-bond acceptors (Lipinski definition) is 3. The highest BCUT2D eigenvalue weighted by Gasteiger charge is 2.19. The third-order valence-electron chi connectivity index (χ3n) is 5.89. The van der Waals surface area contributed by atoms with Gasteiger partial charge in [0.25, 0.3) is 0 Å². The number of carbonyl (C=O) groups is 1. The highest BCUT2D eigenvalue weighted by molar-refractivity contribution is 7.22. The van der Waals surface area contributed by atoms with Crippen molar-refractivity contribution in [2.75, 3.05) is 5.32 Å². The van der Waals surface area contributed by atoms with Crippen LogP contribution in [0.5, 0.6) is 0 Å². The molecule has 0 spiro atoms. The van der Waals surface area contributed by atoms with Crippen LogP contribution in [0.2, 0.25) is 0 Å². The largest absolute Gasteiger partial charge is 0.334 e. The van der Waals surface area contributed by atoms with Gasteiger partial charge in [0, 0.05) is 11.9 Å². The summed E-state index contributed by atoms with van der Waals surface area (Å²) >= 11 is 1.53. The topological polar surface area (TPSA) is 54.0 Å². The van der Waals surface area contributed by atoms with Gasteiger partial charge >= 0.3 is 6.03 Å². The molecule has 5 heteroatoms. The lowest BCUT2D eigenvalue weighted by Crippen LogP contribution is -2.28. The number of thiazole rings is 1. The number of urea groups is 1. The van der Waals surface area contributed by atoms with Crippen LogP contribution in [0.3, 0.4) is 0 Å². The Morgan fingerprint density at radius 1 is 0.933 bits per heavy atom. The SMILES string of the molecule is O=C(NCc1cccc2ccccc12)Nc1nc2c(cc3c4c(cccc42)CC3)s1. The minimum absolute atomic E-state index is 0.237. The Balaban J connectivity index is 1.25. The van der Waals surface area contributed by atoms with Crippen LogP contribution < -0.4 is 10.6 Å². The zero-order chi connectivity index (χ0) is 20.1. The number of fused-ring (bicyclic) bond motifs is 3. The molecule has 2 N–H and O–H groups in total. The van der Waals surface area contributed by atoms with Gasteiger partial charge in [-0.25, -0.2) is 9.78 Å². The molecule has 1 aliphatic carbocycles. The maximum absolute atomic E-state index is 12.5. The van der Waals surface area contributed by atoms with Crippen molar-refractivity contribution in [1.82, 2.24) is 10.3 Å². The molecule has 0 radical (unpaired) electrons. The summed E-state index contributed by atoms with van der Waals surface area (Å²) in [5.74, 6) is 0. The van der Waals surface area contributed by atoms with E-state index in [2.05, 4.69) is 53.1 Å². The Kier molecular flexibility index (Phi) is 3.96. The summed E-state index contributed by atoms with van der Waals surface area (Å²) in [6.07, 6.45) is 2.18. The summed E-state index contributed by atoms with van der Waals surface area (Å²) in [5.41, 5.74) is 4.87. The van der Waals surface area contributed by atoms with Crippen LogP contribution >= 0.6 is 11.3 Å². The summed E-state index contributed by atoms with van der Waals surface area (Å²) in [7, 11) is 0. The van der Waals surface area contributed by atoms with Crippen LogP contribution in [0.25, 0.3) is 31.8 Å². The number of nitrogens with zero attached hydrogens (tertiary/aromatic N) is 1. The molecule has 0 saturated heterocycles. The van der Waals surface area contributed by atoms with Crippen molar-refractivity contribution in [2.24, 2.45) is 0 Å². The van der Waals surface area contributed by atoms with Crippen molar-refractivity contribution < 1.29 is 4.79 Å². The van der Waals surface area contributed by atoms with Gasteiger partial charge in [0.2, 0.25) is 0 Å². The number of anilines is 1. The highest BCUT2D eigenvalue weighted by atomic mass is 32.1. The lowest BCUT2D eigenvalue weighted by atomic mass is 10.0. The lowest BCUT2D eigenvalue weighted by molar-refractivity contribution is 0.252. The Labute approximate surface area is 177 Å². The van der Waals surface area contributed by atoms with Crippen molar-refractivity contribution in [2.45, 2.75) is 19.4 Å². The first-order valence-corrected chi connectivity index (χ1v) is 10.9. The zero-order valence-corrected chi connectivity index (χ0v) is 17.1. The van der Waals surface area contributed by atoms with E-state index in [9.17, 15) is 4.79 Å². The van der Waals surface area contributed by atoms with E-state index in [0.717, 1.165) is 34.0 Å². The molecule has 0 saturated carbocycles. The Morgan fingerprint density at radius 2 is 1.73 bits per heavy atom. The van der Waals surface area contributed by atoms with Gasteiger partial charge < -0.3 is 5.32 Å². The number of benzene rings is 4. The first kappa shape index (κ1) is 17.4. The number of aryl methyl sites for hydroxylation is 2. The maximum Gasteiger partial charge on any atom is 0.321 e. The quantitative estimate of drug-likeness (QED) is 0.383. The predicted octanol–water partition coefficient (Wildman–Crippen LogP) is 6.02. The monoisotopic (exact) mass is 409 g/mol. The molecule has 4 aromatic carbocycles. The molecule has 0 atom stereocenters. The molecule has 146 valence electrons. The van der Waals surface area contributed by atoms with Gasteiger partial charge in [-0.2, -0.15) is 0 Å². The fraction of sp³-hybridized carbons (Fsp3) is 0.120. The van der Waals surface area contributed by atoms with Gasteiger partial charge in [0.05, 0.1) is 10.2 Å². The van der Waals surface area contributed by atoms with Crippen LogP contribution in [0.15, 0.2) is 66.7 Å². The number of nitrogens with one attached hydrogen (secondary N) is 2. The minimum atomic E-state index is -0.237. The number of amides is 2. The molecule has 2 amide bonds. The summed E-state index contributed by atoms with van der Waals surface area (Å²) in [6, 6.07) is 22.8. The van der Waals surface area contributed by atoms with Crippen LogP contribution in [-0.2, 0) is 19.4 Å². The molecule has 6 rings (SSSR count). The summed E-state index contributed by atoms with van der Waals surface area (Å²) in [4.78, 5) is 17.3. The van der Waals surface area contributed by atoms with Crippen LogP contribution in [0, 0.1) is 0 Å². The third kappa shape index (κ3) is 2.82. The number of aromatic nitrogens is 1. The van der Waals surface area contributed by atoms with Crippen molar-refractivity contribution >= 4 is 54.3 Å². The van der Waals surface area contributed by atoms with E-state index in [1.807, 2.05) is 24.3 Å². The van der Waals surface area contributed by atoms with E-state index in [0.29, 0.717) is 11.7 Å². The average Bonchev–Trinajstić information content (AvgIpc) is 3.37. The lowest BCUT2D eigenvalue weighted by Gasteiger charge is -2.08. The second kappa shape index (κ2) is 6.82. The predicted molar refractivity (Wildman–Crippen MR) is 124 cm³/mol. The molecule has 0 aliphatic heterocycles. The fourth-order valence-electron chi connectivity index (χ4n) is 4.52. The smallest absolute Gasteiger partial charge is 0.321 e. The Hall–Kier alpha value is -3.44. The molecule has 0 fully saturated rings. The van der Waals surface area contributed by atoms with Gasteiger partial charge in [-0.1, -0.05) is 72.0 Å². The first-order chi connectivity index (χ1) is 14.8. The number of hydrogen-bond donors (Lipinski definition) is 2. The molecular weight excluding hydrogens is 390 g/mol. The van der Waals surface area contributed by atoms with E-state index in [1.165, 1.54) is 38.6 Å². The standard InChI is InChI=1S/C25H19N3OS/c29-24(26-14-18-8-3-6-15-5-1-2-9-19(15)18)28-25-27-23-20-10-4-7-16-11-12-17(22(16)20)13-21(23)30-25/h1-10,13H,11-12,14H2,(H2,26,27,28,29).